The predicted octanol–water partition coefficient (Wildman–Crippen LogP) is 1.24. The third kappa shape index (κ3) is 3.42. The summed E-state index contributed by atoms with van der Waals surface area (Å²) >= 11 is 0. The van der Waals surface area contributed by atoms with E-state index in [1.54, 1.807) is 4.90 Å². The van der Waals surface area contributed by atoms with Gasteiger partial charge in [-0.3, -0.25) is 9.59 Å². The molecule has 0 N–H and O–H groups in total. The van der Waals surface area contributed by atoms with Gasteiger partial charge in [-0.25, -0.2) is 0 Å². The summed E-state index contributed by atoms with van der Waals surface area (Å²) in [5.41, 5.74) is 0.885. The van der Waals surface area contributed by atoms with Gasteiger partial charge >= 0.3 is 0 Å². The highest BCUT2D eigenvalue weighted by molar-refractivity contribution is 6.00. The number of nitrogens with zero attached hydrogens (tertiary/aromatic N) is 3. The number of piperazine rings is 1. The third-order valence-corrected chi connectivity index (χ3v) is 4.36. The van der Waals surface area contributed by atoms with E-state index in [1.165, 1.54) is 0 Å². The molecule has 1 aromatic rings. The lowest BCUT2D eigenvalue weighted by molar-refractivity contribution is -0.137. The fourth-order valence-electron chi connectivity index (χ4n) is 3.02. The molecular weight excluding hydrogens is 302 g/mol. The Kier molecular flexibility index (Phi) is 5.42. The molecule has 2 amide bonds. The average molecular weight is 324 g/mol. The largest absolute Gasteiger partial charge is 0.340 e. The van der Waals surface area contributed by atoms with Crippen molar-refractivity contribution in [2.24, 2.45) is 5.92 Å². The van der Waals surface area contributed by atoms with Crippen LogP contribution in [0.25, 0.3) is 0 Å². The smallest absolute Gasteiger partial charge is 0.228 e. The van der Waals surface area contributed by atoms with Crippen LogP contribution in [0, 0.1) is 5.92 Å². The van der Waals surface area contributed by atoms with Crippen molar-refractivity contribution in [1.29, 1.82) is 0 Å². The summed E-state index contributed by atoms with van der Waals surface area (Å²) in [6, 6.07) is 9.59. The average Bonchev–Trinajstić information content (AvgIpc) is 2.90. The van der Waals surface area contributed by atoms with Gasteiger partial charge in [0.1, 0.15) is 0 Å². The third-order valence-electron chi connectivity index (χ3n) is 4.36. The second-order valence-electron chi connectivity index (χ2n) is 5.87. The Balaban J connectivity index is 0.00000176. The van der Waals surface area contributed by atoms with E-state index in [1.807, 2.05) is 35.2 Å². The van der Waals surface area contributed by atoms with E-state index < -0.39 is 0 Å². The van der Waals surface area contributed by atoms with E-state index in [-0.39, 0.29) is 30.1 Å². The first kappa shape index (κ1) is 16.8. The first-order chi connectivity index (χ1) is 10.1. The van der Waals surface area contributed by atoms with Gasteiger partial charge in [0, 0.05) is 44.8 Å². The van der Waals surface area contributed by atoms with E-state index in [0.29, 0.717) is 13.0 Å². The summed E-state index contributed by atoms with van der Waals surface area (Å²) in [6.45, 7) is 3.87. The quantitative estimate of drug-likeness (QED) is 0.822. The molecule has 2 fully saturated rings. The molecule has 1 atom stereocenters. The maximum Gasteiger partial charge on any atom is 0.228 e. The highest BCUT2D eigenvalue weighted by Gasteiger charge is 2.37. The number of carbonyl (C=O) groups excluding carboxylic acids is 2. The van der Waals surface area contributed by atoms with Gasteiger partial charge in [-0.05, 0) is 19.2 Å². The van der Waals surface area contributed by atoms with Crippen LogP contribution in [0.4, 0.5) is 5.69 Å². The normalized spacial score (nSPS) is 22.6. The van der Waals surface area contributed by atoms with Crippen molar-refractivity contribution >= 4 is 29.9 Å². The maximum atomic E-state index is 12.6. The van der Waals surface area contributed by atoms with Crippen molar-refractivity contribution in [3.63, 3.8) is 0 Å². The van der Waals surface area contributed by atoms with E-state index in [4.69, 9.17) is 0 Å². The topological polar surface area (TPSA) is 43.9 Å². The standard InChI is InChI=1S/C16H21N3O2.ClH/c1-17-7-9-18(10-8-17)16(21)13-11-15(20)19(12-13)14-5-3-2-4-6-14;/h2-6,13H,7-12H2,1H3;1H. The number of likely N-dealkylation sites (N-methyl/N-ethyl adjacent to an activating group) is 1. The number of carbonyl (C=O) groups is 2. The van der Waals surface area contributed by atoms with Crippen molar-refractivity contribution in [2.45, 2.75) is 6.42 Å². The summed E-state index contributed by atoms with van der Waals surface area (Å²) in [7, 11) is 2.07. The van der Waals surface area contributed by atoms with Crippen LogP contribution in [0.5, 0.6) is 0 Å². The Morgan fingerprint density at radius 3 is 2.36 bits per heavy atom. The van der Waals surface area contributed by atoms with Crippen LogP contribution in [0.2, 0.25) is 0 Å². The molecule has 5 nitrogen and oxygen atoms in total. The SMILES string of the molecule is CN1CCN(C(=O)C2CC(=O)N(c3ccccc3)C2)CC1.Cl. The predicted molar refractivity (Wildman–Crippen MR) is 88.2 cm³/mol. The molecule has 3 rings (SSSR count). The molecule has 0 radical (unpaired) electrons. The van der Waals surface area contributed by atoms with E-state index in [9.17, 15) is 9.59 Å². The molecule has 0 bridgehead atoms. The number of hydrogen-bond donors (Lipinski definition) is 0. The molecule has 2 aliphatic rings. The molecule has 0 spiro atoms. The molecule has 0 aliphatic carbocycles. The van der Waals surface area contributed by atoms with Crippen molar-refractivity contribution in [3.8, 4) is 0 Å². The van der Waals surface area contributed by atoms with Crippen LogP contribution >= 0.6 is 12.4 Å². The molecule has 2 aliphatic heterocycles. The monoisotopic (exact) mass is 323 g/mol. The van der Waals surface area contributed by atoms with Gasteiger partial charge in [-0.1, -0.05) is 18.2 Å². The molecule has 0 saturated carbocycles. The Morgan fingerprint density at radius 1 is 1.09 bits per heavy atom. The fourth-order valence-corrected chi connectivity index (χ4v) is 3.02. The molecule has 2 saturated heterocycles. The number of anilines is 1. The Hall–Kier alpha value is -1.59. The van der Waals surface area contributed by atoms with Crippen molar-refractivity contribution in [2.75, 3.05) is 44.7 Å². The molecule has 6 heteroatoms. The van der Waals surface area contributed by atoms with Crippen LogP contribution in [-0.4, -0.2) is 61.4 Å². The molecule has 120 valence electrons. The summed E-state index contributed by atoms with van der Waals surface area (Å²) in [6.07, 6.45) is 0.333. The van der Waals surface area contributed by atoms with E-state index >= 15 is 0 Å². The van der Waals surface area contributed by atoms with E-state index in [2.05, 4.69) is 11.9 Å². The zero-order valence-corrected chi connectivity index (χ0v) is 13.6. The second-order valence-corrected chi connectivity index (χ2v) is 5.87. The lowest BCUT2D eigenvalue weighted by atomic mass is 10.1. The first-order valence-electron chi connectivity index (χ1n) is 7.48. The van der Waals surface area contributed by atoms with Crippen LogP contribution in [0.15, 0.2) is 30.3 Å². The van der Waals surface area contributed by atoms with Gasteiger partial charge in [-0.2, -0.15) is 0 Å². The van der Waals surface area contributed by atoms with Crippen molar-refractivity contribution in [3.05, 3.63) is 30.3 Å². The molecule has 1 aromatic carbocycles. The summed E-state index contributed by atoms with van der Waals surface area (Å²) in [5, 5.41) is 0. The van der Waals surface area contributed by atoms with Gasteiger partial charge < -0.3 is 14.7 Å². The summed E-state index contributed by atoms with van der Waals surface area (Å²) in [5.74, 6) is -0.00956. The van der Waals surface area contributed by atoms with Gasteiger partial charge in [0.05, 0.1) is 5.92 Å². The minimum atomic E-state index is -0.193. The highest BCUT2D eigenvalue weighted by atomic mass is 35.5. The van der Waals surface area contributed by atoms with Crippen LogP contribution < -0.4 is 4.90 Å². The van der Waals surface area contributed by atoms with Crippen LogP contribution in [0.1, 0.15) is 6.42 Å². The fraction of sp³-hybridized carbons (Fsp3) is 0.500. The number of para-hydroxylation sites is 1. The van der Waals surface area contributed by atoms with Crippen molar-refractivity contribution in [1.82, 2.24) is 9.80 Å². The zero-order chi connectivity index (χ0) is 14.8. The van der Waals surface area contributed by atoms with Crippen molar-refractivity contribution < 1.29 is 9.59 Å². The second kappa shape index (κ2) is 7.11. The molecule has 1 unspecified atom stereocenters. The lowest BCUT2D eigenvalue weighted by Gasteiger charge is -2.33. The Labute approximate surface area is 137 Å². The van der Waals surface area contributed by atoms with Crippen LogP contribution in [-0.2, 0) is 9.59 Å². The Bertz CT molecular complexity index is 529. The van der Waals surface area contributed by atoms with Gasteiger partial charge in [-0.15, -0.1) is 12.4 Å². The minimum absolute atomic E-state index is 0. The first-order valence-corrected chi connectivity index (χ1v) is 7.48. The molecular formula is C16H22ClN3O2. The van der Waals surface area contributed by atoms with E-state index in [0.717, 1.165) is 31.9 Å². The molecule has 22 heavy (non-hydrogen) atoms. The Morgan fingerprint density at radius 2 is 1.73 bits per heavy atom. The lowest BCUT2D eigenvalue weighted by Crippen LogP contribution is -2.49. The van der Waals surface area contributed by atoms with Gasteiger partial charge in [0.2, 0.25) is 11.8 Å². The summed E-state index contributed by atoms with van der Waals surface area (Å²) in [4.78, 5) is 30.6. The van der Waals surface area contributed by atoms with Gasteiger partial charge in [0.25, 0.3) is 0 Å². The molecule has 0 aromatic heterocycles. The number of halogens is 1. The maximum absolute atomic E-state index is 12.6. The number of rotatable bonds is 2. The highest BCUT2D eigenvalue weighted by Crippen LogP contribution is 2.26. The van der Waals surface area contributed by atoms with Gasteiger partial charge in [0.15, 0.2) is 0 Å². The number of benzene rings is 1. The minimum Gasteiger partial charge on any atom is -0.340 e. The zero-order valence-electron chi connectivity index (χ0n) is 12.8. The number of hydrogen-bond acceptors (Lipinski definition) is 3. The summed E-state index contributed by atoms with van der Waals surface area (Å²) < 4.78 is 0. The van der Waals surface area contributed by atoms with Crippen LogP contribution in [0.3, 0.4) is 0 Å². The number of amides is 2. The molecule has 2 heterocycles.